The van der Waals surface area contributed by atoms with Crippen LogP contribution in [0.2, 0.25) is 0 Å². The summed E-state index contributed by atoms with van der Waals surface area (Å²) in [5, 5.41) is 0. The molecule has 1 aliphatic rings. The van der Waals surface area contributed by atoms with Crippen molar-refractivity contribution >= 4 is 12.4 Å². The number of benzene rings is 1. The maximum Gasteiger partial charge on any atom is 0.123 e. The normalized spacial score (nSPS) is 22.9. The molecular weight excluding hydrogens is 275 g/mol. The van der Waals surface area contributed by atoms with Crippen molar-refractivity contribution in [2.45, 2.75) is 38.6 Å². The van der Waals surface area contributed by atoms with Gasteiger partial charge in [-0.1, -0.05) is 19.1 Å². The van der Waals surface area contributed by atoms with Crippen molar-refractivity contribution in [3.63, 3.8) is 0 Å². The fourth-order valence-electron chi connectivity index (χ4n) is 2.97. The predicted octanol–water partition coefficient (Wildman–Crippen LogP) is 3.41. The summed E-state index contributed by atoms with van der Waals surface area (Å²) in [6, 6.07) is 7.17. The summed E-state index contributed by atoms with van der Waals surface area (Å²) in [5.74, 6) is 0.896. The van der Waals surface area contributed by atoms with Crippen molar-refractivity contribution in [2.24, 2.45) is 11.7 Å². The first-order valence-corrected chi connectivity index (χ1v) is 7.29. The molecule has 1 heterocycles. The highest BCUT2D eigenvalue weighted by atomic mass is 35.5. The van der Waals surface area contributed by atoms with Crippen molar-refractivity contribution in [1.29, 1.82) is 0 Å². The van der Waals surface area contributed by atoms with Gasteiger partial charge in [0.2, 0.25) is 0 Å². The molecule has 0 aromatic heterocycles. The van der Waals surface area contributed by atoms with Crippen LogP contribution in [0.4, 0.5) is 4.39 Å². The molecule has 1 fully saturated rings. The van der Waals surface area contributed by atoms with Crippen molar-refractivity contribution in [1.82, 2.24) is 4.90 Å². The minimum atomic E-state index is -0.161. The monoisotopic (exact) mass is 300 g/mol. The zero-order valence-electron chi connectivity index (χ0n) is 12.4. The summed E-state index contributed by atoms with van der Waals surface area (Å²) in [6.45, 7) is 7.62. The fraction of sp³-hybridized carbons (Fsp3) is 0.625. The topological polar surface area (TPSA) is 29.3 Å². The molecule has 20 heavy (non-hydrogen) atoms. The van der Waals surface area contributed by atoms with Gasteiger partial charge in [-0.15, -0.1) is 12.4 Å². The van der Waals surface area contributed by atoms with E-state index in [9.17, 15) is 4.39 Å². The van der Waals surface area contributed by atoms with Crippen molar-refractivity contribution in [3.8, 4) is 0 Å². The van der Waals surface area contributed by atoms with Gasteiger partial charge >= 0.3 is 0 Å². The Morgan fingerprint density at radius 2 is 1.95 bits per heavy atom. The minimum absolute atomic E-state index is 0. The van der Waals surface area contributed by atoms with Gasteiger partial charge in [0.15, 0.2) is 0 Å². The Bertz CT molecular complexity index is 394. The third-order valence-corrected chi connectivity index (χ3v) is 4.26. The molecule has 1 aliphatic heterocycles. The van der Waals surface area contributed by atoms with Crippen LogP contribution >= 0.6 is 12.4 Å². The van der Waals surface area contributed by atoms with Crippen molar-refractivity contribution < 1.29 is 4.39 Å². The first kappa shape index (κ1) is 17.4. The Labute approximate surface area is 127 Å². The number of hydrogen-bond donors (Lipinski definition) is 1. The second-order valence-electron chi connectivity index (χ2n) is 5.97. The van der Waals surface area contributed by atoms with E-state index in [0.29, 0.717) is 11.8 Å². The third-order valence-electron chi connectivity index (χ3n) is 4.26. The van der Waals surface area contributed by atoms with Gasteiger partial charge in [-0.25, -0.2) is 4.39 Å². The average Bonchev–Trinajstić information content (AvgIpc) is 2.39. The zero-order valence-corrected chi connectivity index (χ0v) is 13.2. The molecule has 3 unspecified atom stereocenters. The van der Waals surface area contributed by atoms with E-state index in [-0.39, 0.29) is 24.3 Å². The van der Waals surface area contributed by atoms with Crippen LogP contribution in [0.3, 0.4) is 0 Å². The summed E-state index contributed by atoms with van der Waals surface area (Å²) >= 11 is 0. The number of rotatable bonds is 4. The lowest BCUT2D eigenvalue weighted by Crippen LogP contribution is -2.43. The Morgan fingerprint density at radius 1 is 1.30 bits per heavy atom. The van der Waals surface area contributed by atoms with Crippen LogP contribution in [0, 0.1) is 11.7 Å². The maximum absolute atomic E-state index is 12.9. The molecule has 1 aromatic carbocycles. The van der Waals surface area contributed by atoms with Gasteiger partial charge in [0, 0.05) is 19.1 Å². The minimum Gasteiger partial charge on any atom is -0.328 e. The first-order valence-electron chi connectivity index (χ1n) is 7.29. The lowest BCUT2D eigenvalue weighted by atomic mass is 9.91. The highest BCUT2D eigenvalue weighted by Gasteiger charge is 2.23. The van der Waals surface area contributed by atoms with Gasteiger partial charge in [0.25, 0.3) is 0 Å². The van der Waals surface area contributed by atoms with Crippen LogP contribution < -0.4 is 5.73 Å². The number of nitrogens with two attached hydrogens (primary N) is 1. The Kier molecular flexibility index (Phi) is 6.93. The lowest BCUT2D eigenvalue weighted by molar-refractivity contribution is 0.155. The summed E-state index contributed by atoms with van der Waals surface area (Å²) in [4.78, 5) is 2.51. The number of likely N-dealkylation sites (tertiary alicyclic amines) is 1. The Hall–Kier alpha value is -0.640. The summed E-state index contributed by atoms with van der Waals surface area (Å²) in [6.07, 6.45) is 2.49. The smallest absolute Gasteiger partial charge is 0.123 e. The number of halogens is 2. The molecule has 1 aromatic rings. The summed E-state index contributed by atoms with van der Waals surface area (Å²) in [5.41, 5.74) is 7.23. The Balaban J connectivity index is 0.00000200. The van der Waals surface area contributed by atoms with Crippen LogP contribution in [0.5, 0.6) is 0 Å². The van der Waals surface area contributed by atoms with Crippen LogP contribution in [0.15, 0.2) is 24.3 Å². The van der Waals surface area contributed by atoms with Gasteiger partial charge in [0.05, 0.1) is 0 Å². The molecule has 0 aliphatic carbocycles. The maximum atomic E-state index is 12.9. The molecule has 0 spiro atoms. The second kappa shape index (κ2) is 7.96. The van der Waals surface area contributed by atoms with Gasteiger partial charge in [-0.05, 0) is 55.8 Å². The highest BCUT2D eigenvalue weighted by Crippen LogP contribution is 2.23. The molecule has 0 amide bonds. The quantitative estimate of drug-likeness (QED) is 0.923. The van der Waals surface area contributed by atoms with E-state index in [1.165, 1.54) is 18.4 Å². The SMILES string of the molecule is CC(CN1CCCC(C(C)N)C1)c1ccc(F)cc1.Cl. The largest absolute Gasteiger partial charge is 0.328 e. The molecule has 0 radical (unpaired) electrons. The summed E-state index contributed by atoms with van der Waals surface area (Å²) < 4.78 is 12.9. The van der Waals surface area contributed by atoms with E-state index in [2.05, 4.69) is 18.7 Å². The van der Waals surface area contributed by atoms with Crippen LogP contribution in [0.25, 0.3) is 0 Å². The van der Waals surface area contributed by atoms with Gasteiger partial charge in [-0.2, -0.15) is 0 Å². The highest BCUT2D eigenvalue weighted by molar-refractivity contribution is 5.85. The molecule has 2 nitrogen and oxygen atoms in total. The molecule has 4 heteroatoms. The number of piperidine rings is 1. The zero-order chi connectivity index (χ0) is 13.8. The van der Waals surface area contributed by atoms with E-state index in [1.54, 1.807) is 12.1 Å². The summed E-state index contributed by atoms with van der Waals surface area (Å²) in [7, 11) is 0. The van der Waals surface area contributed by atoms with Crippen LogP contribution in [-0.4, -0.2) is 30.6 Å². The van der Waals surface area contributed by atoms with Crippen molar-refractivity contribution in [3.05, 3.63) is 35.6 Å². The molecule has 114 valence electrons. The van der Waals surface area contributed by atoms with E-state index >= 15 is 0 Å². The van der Waals surface area contributed by atoms with Crippen LogP contribution in [0.1, 0.15) is 38.2 Å². The number of hydrogen-bond acceptors (Lipinski definition) is 2. The fourth-order valence-corrected chi connectivity index (χ4v) is 2.97. The Morgan fingerprint density at radius 3 is 2.55 bits per heavy atom. The molecular formula is C16H26ClFN2. The van der Waals surface area contributed by atoms with Gasteiger partial charge in [0.1, 0.15) is 5.82 Å². The molecule has 2 N–H and O–H groups in total. The molecule has 3 atom stereocenters. The molecule has 1 saturated heterocycles. The standard InChI is InChI=1S/C16H25FN2.ClH/c1-12(14-5-7-16(17)8-6-14)10-19-9-3-4-15(11-19)13(2)18;/h5-8,12-13,15H,3-4,9-11,18H2,1-2H3;1H. The number of nitrogens with zero attached hydrogens (tertiary/aromatic N) is 1. The molecule has 0 bridgehead atoms. The van der Waals surface area contributed by atoms with E-state index in [0.717, 1.165) is 19.6 Å². The average molecular weight is 301 g/mol. The van der Waals surface area contributed by atoms with Gasteiger partial charge in [-0.3, -0.25) is 0 Å². The van der Waals surface area contributed by atoms with Crippen molar-refractivity contribution in [2.75, 3.05) is 19.6 Å². The molecule has 2 rings (SSSR count). The molecule has 0 saturated carbocycles. The van der Waals surface area contributed by atoms with E-state index in [4.69, 9.17) is 5.73 Å². The first-order chi connectivity index (χ1) is 9.06. The lowest BCUT2D eigenvalue weighted by Gasteiger charge is -2.36. The second-order valence-corrected chi connectivity index (χ2v) is 5.97. The predicted molar refractivity (Wildman–Crippen MR) is 84.9 cm³/mol. The van der Waals surface area contributed by atoms with Gasteiger partial charge < -0.3 is 10.6 Å². The third kappa shape index (κ3) is 4.72. The van der Waals surface area contributed by atoms with Crippen LogP contribution in [-0.2, 0) is 0 Å². The van der Waals surface area contributed by atoms with E-state index < -0.39 is 0 Å². The van der Waals surface area contributed by atoms with E-state index in [1.807, 2.05) is 12.1 Å².